The van der Waals surface area contributed by atoms with E-state index in [-0.39, 0.29) is 0 Å². The predicted molar refractivity (Wildman–Crippen MR) is 103 cm³/mol. The number of aryl methyl sites for hydroxylation is 1. The van der Waals surface area contributed by atoms with Crippen LogP contribution in [-0.2, 0) is 6.42 Å². The number of nitrogens with two attached hydrogens (primary N) is 1. The van der Waals surface area contributed by atoms with E-state index in [0.29, 0.717) is 12.0 Å². The lowest BCUT2D eigenvalue weighted by Gasteiger charge is -2.20. The van der Waals surface area contributed by atoms with Crippen molar-refractivity contribution in [2.75, 3.05) is 26.2 Å². The molecule has 0 radical (unpaired) electrons. The first kappa shape index (κ1) is 17.2. The van der Waals surface area contributed by atoms with E-state index in [1.165, 1.54) is 29.1 Å². The summed E-state index contributed by atoms with van der Waals surface area (Å²) in [7, 11) is 0. The van der Waals surface area contributed by atoms with Crippen molar-refractivity contribution in [1.29, 1.82) is 0 Å². The summed E-state index contributed by atoms with van der Waals surface area (Å²) in [6.45, 7) is 6.17. The Labute approximate surface area is 148 Å². The van der Waals surface area contributed by atoms with Crippen molar-refractivity contribution in [3.05, 3.63) is 29.3 Å². The molecule has 130 valence electrons. The lowest BCUT2D eigenvalue weighted by Crippen LogP contribution is -2.36. The zero-order chi connectivity index (χ0) is 16.8. The molecular formula is C18H27N5S. The number of guanidine groups is 1. The number of para-hydroxylation sites is 1. The fraction of sp³-hybridized carbons (Fsp3) is 0.556. The van der Waals surface area contributed by atoms with Gasteiger partial charge < -0.3 is 11.1 Å². The van der Waals surface area contributed by atoms with E-state index in [1.807, 2.05) is 6.07 Å². The van der Waals surface area contributed by atoms with Crippen LogP contribution in [-0.4, -0.2) is 48.1 Å². The second kappa shape index (κ2) is 8.44. The van der Waals surface area contributed by atoms with Crippen molar-refractivity contribution in [2.24, 2.45) is 10.7 Å². The summed E-state index contributed by atoms with van der Waals surface area (Å²) in [6.07, 6.45) is 4.51. The van der Waals surface area contributed by atoms with Gasteiger partial charge in [0.05, 0.1) is 21.8 Å². The van der Waals surface area contributed by atoms with Crippen molar-refractivity contribution in [3.63, 3.8) is 0 Å². The maximum atomic E-state index is 5.99. The van der Waals surface area contributed by atoms with Gasteiger partial charge in [-0.15, -0.1) is 11.3 Å². The number of benzene rings is 1. The van der Waals surface area contributed by atoms with Crippen LogP contribution in [0.15, 0.2) is 29.3 Å². The summed E-state index contributed by atoms with van der Waals surface area (Å²) in [4.78, 5) is 11.7. The third-order valence-electron chi connectivity index (χ3n) is 4.59. The summed E-state index contributed by atoms with van der Waals surface area (Å²) in [5, 5.41) is 4.42. The fourth-order valence-electron chi connectivity index (χ4n) is 3.26. The van der Waals surface area contributed by atoms with Crippen LogP contribution in [0.3, 0.4) is 0 Å². The number of likely N-dealkylation sites (tertiary alicyclic amines) is 1. The van der Waals surface area contributed by atoms with Crippen LogP contribution >= 0.6 is 11.3 Å². The molecule has 1 unspecified atom stereocenters. The Hall–Kier alpha value is -1.66. The first-order chi connectivity index (χ1) is 11.8. The van der Waals surface area contributed by atoms with Crippen LogP contribution in [0.4, 0.5) is 0 Å². The monoisotopic (exact) mass is 345 g/mol. The third-order valence-corrected chi connectivity index (χ3v) is 5.69. The van der Waals surface area contributed by atoms with Crippen molar-refractivity contribution < 1.29 is 0 Å². The molecule has 2 aromatic rings. The van der Waals surface area contributed by atoms with Gasteiger partial charge in [0.25, 0.3) is 0 Å². The van der Waals surface area contributed by atoms with Crippen molar-refractivity contribution in [3.8, 4) is 0 Å². The second-order valence-electron chi connectivity index (χ2n) is 6.26. The molecule has 3 N–H and O–H groups in total. The number of hydrogen-bond acceptors (Lipinski definition) is 4. The maximum absolute atomic E-state index is 5.99. The molecule has 1 atom stereocenters. The minimum absolute atomic E-state index is 0.568. The van der Waals surface area contributed by atoms with Gasteiger partial charge in [0.2, 0.25) is 0 Å². The van der Waals surface area contributed by atoms with Gasteiger partial charge in [-0.1, -0.05) is 19.1 Å². The SMILES string of the molecule is CCN1CCCC1CN=C(N)NCCCc1nc2ccccc2s1. The maximum Gasteiger partial charge on any atom is 0.188 e. The molecule has 1 aromatic heterocycles. The molecule has 0 bridgehead atoms. The highest BCUT2D eigenvalue weighted by molar-refractivity contribution is 7.18. The van der Waals surface area contributed by atoms with E-state index in [1.54, 1.807) is 11.3 Å². The van der Waals surface area contributed by atoms with Crippen molar-refractivity contribution in [1.82, 2.24) is 15.2 Å². The number of rotatable bonds is 7. The zero-order valence-electron chi connectivity index (χ0n) is 14.4. The molecule has 0 saturated carbocycles. The third kappa shape index (κ3) is 4.45. The van der Waals surface area contributed by atoms with E-state index >= 15 is 0 Å². The van der Waals surface area contributed by atoms with E-state index in [2.05, 4.69) is 45.3 Å². The lowest BCUT2D eigenvalue weighted by atomic mass is 10.2. The summed E-state index contributed by atoms with van der Waals surface area (Å²) < 4.78 is 1.26. The summed E-state index contributed by atoms with van der Waals surface area (Å²) in [5.41, 5.74) is 7.09. The highest BCUT2D eigenvalue weighted by atomic mass is 32.1. The molecule has 0 aliphatic carbocycles. The number of hydrogen-bond donors (Lipinski definition) is 2. The average molecular weight is 346 g/mol. The molecule has 1 aliphatic heterocycles. The Morgan fingerprint density at radius 3 is 3.17 bits per heavy atom. The van der Waals surface area contributed by atoms with Crippen LogP contribution in [0, 0.1) is 0 Å². The molecule has 3 rings (SSSR count). The van der Waals surface area contributed by atoms with E-state index in [9.17, 15) is 0 Å². The quantitative estimate of drug-likeness (QED) is 0.460. The number of aliphatic imine (C=N–C) groups is 1. The first-order valence-electron chi connectivity index (χ1n) is 8.88. The zero-order valence-corrected chi connectivity index (χ0v) is 15.2. The van der Waals surface area contributed by atoms with Gasteiger partial charge in [-0.3, -0.25) is 9.89 Å². The number of thiazole rings is 1. The number of nitrogens with one attached hydrogen (secondary N) is 1. The Morgan fingerprint density at radius 2 is 2.33 bits per heavy atom. The Balaban J connectivity index is 1.38. The predicted octanol–water partition coefficient (Wildman–Crippen LogP) is 2.62. The highest BCUT2D eigenvalue weighted by Gasteiger charge is 2.22. The van der Waals surface area contributed by atoms with Gasteiger partial charge in [-0.05, 0) is 44.5 Å². The Bertz CT molecular complexity index is 648. The molecule has 5 nitrogen and oxygen atoms in total. The van der Waals surface area contributed by atoms with Gasteiger partial charge in [0.1, 0.15) is 0 Å². The molecule has 0 amide bonds. The van der Waals surface area contributed by atoms with E-state index in [0.717, 1.165) is 38.0 Å². The molecule has 0 spiro atoms. The minimum Gasteiger partial charge on any atom is -0.370 e. The van der Waals surface area contributed by atoms with Crippen LogP contribution in [0.5, 0.6) is 0 Å². The average Bonchev–Trinajstić information content (AvgIpc) is 3.22. The van der Waals surface area contributed by atoms with Gasteiger partial charge in [0.15, 0.2) is 5.96 Å². The number of likely N-dealkylation sites (N-methyl/N-ethyl adjacent to an activating group) is 1. The first-order valence-corrected chi connectivity index (χ1v) is 9.70. The summed E-state index contributed by atoms with van der Waals surface area (Å²) in [6, 6.07) is 8.86. The van der Waals surface area contributed by atoms with E-state index < -0.39 is 0 Å². The van der Waals surface area contributed by atoms with E-state index in [4.69, 9.17) is 5.73 Å². The van der Waals surface area contributed by atoms with Gasteiger partial charge in [0, 0.05) is 19.0 Å². The number of aromatic nitrogens is 1. The van der Waals surface area contributed by atoms with Crippen LogP contribution in [0.2, 0.25) is 0 Å². The Morgan fingerprint density at radius 1 is 1.46 bits per heavy atom. The van der Waals surface area contributed by atoms with Gasteiger partial charge in [-0.25, -0.2) is 4.98 Å². The smallest absolute Gasteiger partial charge is 0.188 e. The molecule has 1 aromatic carbocycles. The van der Waals surface area contributed by atoms with Crippen molar-refractivity contribution in [2.45, 2.75) is 38.6 Å². The molecule has 24 heavy (non-hydrogen) atoms. The normalized spacial score (nSPS) is 19.2. The minimum atomic E-state index is 0.568. The molecule has 1 fully saturated rings. The topological polar surface area (TPSA) is 66.5 Å². The summed E-state index contributed by atoms with van der Waals surface area (Å²) >= 11 is 1.78. The molecule has 2 heterocycles. The lowest BCUT2D eigenvalue weighted by molar-refractivity contribution is 0.273. The fourth-order valence-corrected chi connectivity index (χ4v) is 4.27. The molecule has 1 saturated heterocycles. The van der Waals surface area contributed by atoms with Crippen LogP contribution < -0.4 is 11.1 Å². The molecule has 6 heteroatoms. The van der Waals surface area contributed by atoms with Crippen molar-refractivity contribution >= 4 is 27.5 Å². The highest BCUT2D eigenvalue weighted by Crippen LogP contribution is 2.22. The standard InChI is InChI=1S/C18H27N5S/c1-2-23-12-6-7-14(23)13-21-18(19)20-11-5-10-17-22-15-8-3-4-9-16(15)24-17/h3-4,8-9,14H,2,5-7,10-13H2,1H3,(H3,19,20,21). The largest absolute Gasteiger partial charge is 0.370 e. The molecular weight excluding hydrogens is 318 g/mol. The van der Waals surface area contributed by atoms with Gasteiger partial charge >= 0.3 is 0 Å². The number of nitrogens with zero attached hydrogens (tertiary/aromatic N) is 3. The summed E-state index contributed by atoms with van der Waals surface area (Å²) in [5.74, 6) is 0.572. The molecule has 1 aliphatic rings. The second-order valence-corrected chi connectivity index (χ2v) is 7.37. The van der Waals surface area contributed by atoms with Crippen LogP contribution in [0.1, 0.15) is 31.2 Å². The van der Waals surface area contributed by atoms with Gasteiger partial charge in [-0.2, -0.15) is 0 Å². The Kier molecular flexibility index (Phi) is 6.04. The van der Waals surface area contributed by atoms with Crippen LogP contribution in [0.25, 0.3) is 10.2 Å². The number of fused-ring (bicyclic) bond motifs is 1.